The Balaban J connectivity index is 1.32. The van der Waals surface area contributed by atoms with Crippen LogP contribution < -0.4 is 25.3 Å². The van der Waals surface area contributed by atoms with E-state index < -0.39 is 0 Å². The summed E-state index contributed by atoms with van der Waals surface area (Å²) in [6, 6.07) is 13.3. The van der Waals surface area contributed by atoms with Gasteiger partial charge in [-0.15, -0.1) is 0 Å². The van der Waals surface area contributed by atoms with Crippen molar-refractivity contribution in [1.82, 2.24) is 15.3 Å². The molecule has 3 aliphatic rings. The Morgan fingerprint density at radius 2 is 1.41 bits per heavy atom. The molecule has 1 saturated carbocycles. The molecule has 0 bridgehead atoms. The zero-order valence-electron chi connectivity index (χ0n) is 22.5. The van der Waals surface area contributed by atoms with Gasteiger partial charge in [-0.3, -0.25) is 0 Å². The Kier molecular flexibility index (Phi) is 8.64. The largest absolute Gasteiger partial charge is 0.368 e. The van der Waals surface area contributed by atoms with E-state index in [2.05, 4.69) is 75.6 Å². The number of anilines is 4. The minimum absolute atomic E-state index is 0.444. The van der Waals surface area contributed by atoms with Gasteiger partial charge < -0.3 is 25.3 Å². The van der Waals surface area contributed by atoms with Crippen LogP contribution in [0.4, 0.5) is 23.3 Å². The molecule has 2 atom stereocenters. The van der Waals surface area contributed by atoms with E-state index in [1.165, 1.54) is 50.6 Å². The summed E-state index contributed by atoms with van der Waals surface area (Å²) in [5, 5.41) is 7.55. The van der Waals surface area contributed by atoms with E-state index in [0.717, 1.165) is 50.9 Å². The van der Waals surface area contributed by atoms with Crippen LogP contribution >= 0.6 is 12.2 Å². The number of thiocarbonyl (C=S) groups is 1. The summed E-state index contributed by atoms with van der Waals surface area (Å²) in [5.41, 5.74) is 1.29. The molecule has 2 N–H and O–H groups in total. The van der Waals surface area contributed by atoms with Crippen molar-refractivity contribution in [3.63, 3.8) is 0 Å². The number of hydrogen-bond donors (Lipinski definition) is 2. The molecule has 2 saturated heterocycles. The third kappa shape index (κ3) is 7.03. The lowest BCUT2D eigenvalue weighted by Crippen LogP contribution is -2.47. The molecule has 2 aliphatic heterocycles. The number of nitrogens with zero attached hydrogens (tertiary/aromatic N) is 5. The number of nitrogens with one attached hydrogen (secondary N) is 2. The van der Waals surface area contributed by atoms with Crippen LogP contribution in [0.15, 0.2) is 36.4 Å². The first-order chi connectivity index (χ1) is 18.0. The lowest BCUT2D eigenvalue weighted by Gasteiger charge is -2.38. The van der Waals surface area contributed by atoms with Crippen molar-refractivity contribution >= 4 is 40.6 Å². The van der Waals surface area contributed by atoms with Crippen molar-refractivity contribution in [2.75, 3.05) is 59.3 Å². The van der Waals surface area contributed by atoms with Crippen LogP contribution in [0.25, 0.3) is 0 Å². The standard InChI is InChI=1S/C29H43N7S/c1-22-18-23(2)21-36(20-22)27-19-26(35-16-14-34(15-17-35)25-12-8-5-9-13-25)31-28(32-27)33-29(37)30-24-10-6-3-4-7-11-24/h5,8-9,12-13,19,22-24H,3-4,6-7,10-11,14-18,20-21H2,1-2H3,(H2,30,31,32,33,37)/t22-,23-/m0/s1. The lowest BCUT2D eigenvalue weighted by atomic mass is 9.92. The highest BCUT2D eigenvalue weighted by molar-refractivity contribution is 7.80. The number of aromatic nitrogens is 2. The molecule has 1 aromatic carbocycles. The summed E-state index contributed by atoms with van der Waals surface area (Å²) in [6.07, 6.45) is 8.85. The summed E-state index contributed by atoms with van der Waals surface area (Å²) in [6.45, 7) is 10.6. The van der Waals surface area contributed by atoms with E-state index >= 15 is 0 Å². The van der Waals surface area contributed by atoms with Gasteiger partial charge in [-0.2, -0.15) is 9.97 Å². The molecule has 37 heavy (non-hydrogen) atoms. The van der Waals surface area contributed by atoms with Gasteiger partial charge in [0.15, 0.2) is 5.11 Å². The third-order valence-corrected chi connectivity index (χ3v) is 8.25. The number of para-hydroxylation sites is 1. The fraction of sp³-hybridized carbons (Fsp3) is 0.621. The van der Waals surface area contributed by atoms with E-state index in [4.69, 9.17) is 22.2 Å². The zero-order chi connectivity index (χ0) is 25.6. The SMILES string of the molecule is C[C@H]1C[C@H](C)CN(c2cc(N3CCN(c4ccccc4)CC3)nc(NC(=S)NC3CCCCCC3)n2)C1. The highest BCUT2D eigenvalue weighted by Gasteiger charge is 2.26. The van der Waals surface area contributed by atoms with Gasteiger partial charge in [-0.05, 0) is 55.4 Å². The van der Waals surface area contributed by atoms with E-state index in [1.54, 1.807) is 0 Å². The molecule has 7 nitrogen and oxygen atoms in total. The van der Waals surface area contributed by atoms with Crippen LogP contribution in [0.1, 0.15) is 58.8 Å². The van der Waals surface area contributed by atoms with Crippen molar-refractivity contribution in [3.8, 4) is 0 Å². The van der Waals surface area contributed by atoms with Crippen molar-refractivity contribution in [1.29, 1.82) is 0 Å². The fourth-order valence-electron chi connectivity index (χ4n) is 6.23. The minimum Gasteiger partial charge on any atom is -0.368 e. The second-order valence-corrected chi connectivity index (χ2v) is 11.8. The monoisotopic (exact) mass is 521 g/mol. The van der Waals surface area contributed by atoms with E-state index in [0.29, 0.717) is 28.9 Å². The molecule has 0 amide bonds. The molecule has 3 heterocycles. The Bertz CT molecular complexity index is 1010. The normalized spacial score (nSPS) is 23.5. The predicted octanol–water partition coefficient (Wildman–Crippen LogP) is 5.29. The van der Waals surface area contributed by atoms with E-state index in [-0.39, 0.29) is 0 Å². The Hall–Kier alpha value is -2.61. The summed E-state index contributed by atoms with van der Waals surface area (Å²) < 4.78 is 0. The Labute approximate surface area is 228 Å². The number of benzene rings is 1. The summed E-state index contributed by atoms with van der Waals surface area (Å²) in [5.74, 6) is 3.92. The molecule has 1 aromatic heterocycles. The second-order valence-electron chi connectivity index (χ2n) is 11.4. The van der Waals surface area contributed by atoms with Crippen molar-refractivity contribution < 1.29 is 0 Å². The van der Waals surface area contributed by atoms with E-state index in [9.17, 15) is 0 Å². The predicted molar refractivity (Wildman–Crippen MR) is 159 cm³/mol. The van der Waals surface area contributed by atoms with Crippen molar-refractivity contribution in [3.05, 3.63) is 36.4 Å². The van der Waals surface area contributed by atoms with Crippen molar-refractivity contribution in [2.24, 2.45) is 11.8 Å². The summed E-state index contributed by atoms with van der Waals surface area (Å²) in [4.78, 5) is 17.2. The summed E-state index contributed by atoms with van der Waals surface area (Å²) >= 11 is 5.73. The highest BCUT2D eigenvalue weighted by atomic mass is 32.1. The first-order valence-electron chi connectivity index (χ1n) is 14.3. The van der Waals surface area contributed by atoms with Crippen LogP contribution in [0.5, 0.6) is 0 Å². The van der Waals surface area contributed by atoms with Gasteiger partial charge in [-0.1, -0.05) is 57.7 Å². The molecule has 200 valence electrons. The minimum atomic E-state index is 0.444. The van der Waals surface area contributed by atoms with Crippen LogP contribution in [0.3, 0.4) is 0 Å². The van der Waals surface area contributed by atoms with E-state index in [1.807, 2.05) is 0 Å². The first kappa shape index (κ1) is 26.0. The van der Waals surface area contributed by atoms with Gasteiger partial charge in [0.25, 0.3) is 0 Å². The highest BCUT2D eigenvalue weighted by Crippen LogP contribution is 2.29. The average molecular weight is 522 g/mol. The van der Waals surface area contributed by atoms with Crippen molar-refractivity contribution in [2.45, 2.75) is 64.8 Å². The molecule has 0 unspecified atom stereocenters. The summed E-state index contributed by atoms with van der Waals surface area (Å²) in [7, 11) is 0. The van der Waals surface area contributed by atoms with Crippen LogP contribution in [0.2, 0.25) is 0 Å². The molecular weight excluding hydrogens is 478 g/mol. The smallest absolute Gasteiger partial charge is 0.232 e. The maximum Gasteiger partial charge on any atom is 0.232 e. The number of hydrogen-bond acceptors (Lipinski definition) is 6. The van der Waals surface area contributed by atoms with Gasteiger partial charge in [0, 0.05) is 57.1 Å². The fourth-order valence-corrected chi connectivity index (χ4v) is 6.49. The van der Waals surface area contributed by atoms with Crippen LogP contribution in [0, 0.1) is 11.8 Å². The number of piperazine rings is 1. The van der Waals surface area contributed by atoms with Gasteiger partial charge in [-0.25, -0.2) is 0 Å². The third-order valence-electron chi connectivity index (χ3n) is 8.03. The Morgan fingerprint density at radius 1 is 0.811 bits per heavy atom. The molecule has 0 radical (unpaired) electrons. The maximum absolute atomic E-state index is 5.73. The first-order valence-corrected chi connectivity index (χ1v) is 14.7. The average Bonchev–Trinajstić information content (AvgIpc) is 3.17. The molecule has 1 aliphatic carbocycles. The number of piperidine rings is 1. The van der Waals surface area contributed by atoms with Gasteiger partial charge in [0.2, 0.25) is 5.95 Å². The van der Waals surface area contributed by atoms with Gasteiger partial charge in [0.05, 0.1) is 0 Å². The number of rotatable bonds is 5. The lowest BCUT2D eigenvalue weighted by molar-refractivity contribution is 0.355. The Morgan fingerprint density at radius 3 is 2.05 bits per heavy atom. The molecule has 8 heteroatoms. The topological polar surface area (TPSA) is 59.6 Å². The van der Waals surface area contributed by atoms with Gasteiger partial charge in [0.1, 0.15) is 11.6 Å². The molecule has 0 spiro atoms. The van der Waals surface area contributed by atoms with Crippen LogP contribution in [-0.2, 0) is 0 Å². The zero-order valence-corrected chi connectivity index (χ0v) is 23.3. The maximum atomic E-state index is 5.73. The quantitative estimate of drug-likeness (QED) is 0.406. The molecular formula is C29H43N7S. The van der Waals surface area contributed by atoms with Gasteiger partial charge >= 0.3 is 0 Å². The van der Waals surface area contributed by atoms with Crippen LogP contribution in [-0.4, -0.2) is 60.4 Å². The molecule has 2 aromatic rings. The second kappa shape index (κ2) is 12.3. The molecule has 5 rings (SSSR count). The molecule has 3 fully saturated rings.